The number of likely N-dealkylation sites (tertiary alicyclic amines) is 1. The molecular weight excluding hydrogens is 546 g/mol. The SMILES string of the molecule is CC(C)c1ccc(NC(=O)[C@@H]2[C@@H]3C=C[C@]4(O3)[C@@H]2C(=O)N(Cc2ccc3c(c2)OCO3)[C@H]4C(=O)N[C@H]2CCCC[C@H]2C)cc1. The zero-order valence-electron chi connectivity index (χ0n) is 24.9. The summed E-state index contributed by atoms with van der Waals surface area (Å²) in [5.74, 6) is -0.353. The predicted octanol–water partition coefficient (Wildman–Crippen LogP) is 4.52. The molecule has 7 rings (SSSR count). The second-order valence-corrected chi connectivity index (χ2v) is 13.0. The van der Waals surface area contributed by atoms with Gasteiger partial charge in [-0.1, -0.05) is 64.0 Å². The lowest BCUT2D eigenvalue weighted by atomic mass is 9.74. The van der Waals surface area contributed by atoms with E-state index in [1.165, 1.54) is 5.56 Å². The molecule has 3 amide bonds. The molecule has 9 nitrogen and oxygen atoms in total. The minimum atomic E-state index is -1.22. The molecule has 1 saturated carbocycles. The topological polar surface area (TPSA) is 106 Å². The highest BCUT2D eigenvalue weighted by Crippen LogP contribution is 2.55. The van der Waals surface area contributed by atoms with Gasteiger partial charge in [-0.15, -0.1) is 0 Å². The van der Waals surface area contributed by atoms with Crippen molar-refractivity contribution in [1.29, 1.82) is 0 Å². The quantitative estimate of drug-likeness (QED) is 0.463. The Morgan fingerprint density at radius 1 is 1.02 bits per heavy atom. The Kier molecular flexibility index (Phi) is 6.95. The summed E-state index contributed by atoms with van der Waals surface area (Å²) in [4.78, 5) is 44.0. The molecule has 2 aromatic rings. The number of carbonyl (C=O) groups excluding carboxylic acids is 3. The number of benzene rings is 2. The van der Waals surface area contributed by atoms with E-state index in [1.54, 1.807) is 4.90 Å². The first-order valence-corrected chi connectivity index (χ1v) is 15.5. The van der Waals surface area contributed by atoms with Gasteiger partial charge in [-0.25, -0.2) is 0 Å². The van der Waals surface area contributed by atoms with Crippen LogP contribution in [0.25, 0.3) is 0 Å². The lowest BCUT2D eigenvalue weighted by Gasteiger charge is -2.36. The number of nitrogens with one attached hydrogen (secondary N) is 2. The normalized spacial score (nSPS) is 31.9. The molecule has 4 aliphatic heterocycles. The molecule has 0 unspecified atom stereocenters. The summed E-state index contributed by atoms with van der Waals surface area (Å²) in [5.41, 5.74) is 1.43. The van der Waals surface area contributed by atoms with E-state index >= 15 is 0 Å². The first-order chi connectivity index (χ1) is 20.7. The number of hydrogen-bond donors (Lipinski definition) is 2. The first kappa shape index (κ1) is 28.0. The minimum Gasteiger partial charge on any atom is -0.454 e. The maximum absolute atomic E-state index is 14.4. The van der Waals surface area contributed by atoms with Crippen molar-refractivity contribution in [3.8, 4) is 11.5 Å². The minimum absolute atomic E-state index is 0.0367. The number of carbonyl (C=O) groups is 3. The largest absolute Gasteiger partial charge is 0.454 e. The molecular formula is C34H39N3O6. The van der Waals surface area contributed by atoms with Crippen molar-refractivity contribution in [3.63, 3.8) is 0 Å². The van der Waals surface area contributed by atoms with Crippen molar-refractivity contribution >= 4 is 23.4 Å². The van der Waals surface area contributed by atoms with E-state index in [-0.39, 0.29) is 37.1 Å². The van der Waals surface area contributed by atoms with E-state index in [4.69, 9.17) is 14.2 Å². The molecule has 7 atom stereocenters. The molecule has 1 spiro atoms. The van der Waals surface area contributed by atoms with Crippen LogP contribution < -0.4 is 20.1 Å². The molecule has 1 aliphatic carbocycles. The van der Waals surface area contributed by atoms with Gasteiger partial charge in [0, 0.05) is 18.3 Å². The molecule has 0 radical (unpaired) electrons. The van der Waals surface area contributed by atoms with E-state index in [2.05, 4.69) is 31.4 Å². The summed E-state index contributed by atoms with van der Waals surface area (Å²) in [6.45, 7) is 6.73. The van der Waals surface area contributed by atoms with Crippen molar-refractivity contribution in [2.24, 2.45) is 17.8 Å². The van der Waals surface area contributed by atoms with Gasteiger partial charge in [-0.05, 0) is 60.1 Å². The molecule has 2 aromatic carbocycles. The molecule has 5 aliphatic rings. The van der Waals surface area contributed by atoms with Gasteiger partial charge in [0.2, 0.25) is 24.5 Å². The monoisotopic (exact) mass is 585 g/mol. The maximum atomic E-state index is 14.4. The van der Waals surface area contributed by atoms with Crippen LogP contribution in [0.3, 0.4) is 0 Å². The molecule has 0 aromatic heterocycles. The van der Waals surface area contributed by atoms with Crippen molar-refractivity contribution in [1.82, 2.24) is 10.2 Å². The fourth-order valence-electron chi connectivity index (χ4n) is 7.64. The number of fused-ring (bicyclic) bond motifs is 2. The summed E-state index contributed by atoms with van der Waals surface area (Å²) in [7, 11) is 0. The Bertz CT molecular complexity index is 1470. The van der Waals surface area contributed by atoms with Crippen molar-refractivity contribution in [2.75, 3.05) is 12.1 Å². The van der Waals surface area contributed by atoms with Gasteiger partial charge in [-0.3, -0.25) is 14.4 Å². The first-order valence-electron chi connectivity index (χ1n) is 15.5. The van der Waals surface area contributed by atoms with Gasteiger partial charge in [0.1, 0.15) is 11.6 Å². The Morgan fingerprint density at radius 2 is 1.79 bits per heavy atom. The van der Waals surface area contributed by atoms with Gasteiger partial charge < -0.3 is 29.7 Å². The van der Waals surface area contributed by atoms with Crippen LogP contribution in [0.2, 0.25) is 0 Å². The van der Waals surface area contributed by atoms with E-state index in [9.17, 15) is 14.4 Å². The average Bonchev–Trinajstić information content (AvgIpc) is 3.75. The van der Waals surface area contributed by atoms with Crippen LogP contribution >= 0.6 is 0 Å². The average molecular weight is 586 g/mol. The second-order valence-electron chi connectivity index (χ2n) is 13.0. The van der Waals surface area contributed by atoms with Gasteiger partial charge in [0.05, 0.1) is 17.9 Å². The second kappa shape index (κ2) is 10.7. The molecule has 43 heavy (non-hydrogen) atoms. The fourth-order valence-corrected chi connectivity index (χ4v) is 7.64. The number of ether oxygens (including phenoxy) is 3. The highest BCUT2D eigenvalue weighted by Gasteiger charge is 2.72. The van der Waals surface area contributed by atoms with Crippen LogP contribution in [-0.4, -0.2) is 53.2 Å². The summed E-state index contributed by atoms with van der Waals surface area (Å²) in [6, 6.07) is 12.4. The molecule has 3 fully saturated rings. The summed E-state index contributed by atoms with van der Waals surface area (Å²) in [6.07, 6.45) is 7.31. The summed E-state index contributed by atoms with van der Waals surface area (Å²) >= 11 is 0. The molecule has 4 heterocycles. The summed E-state index contributed by atoms with van der Waals surface area (Å²) < 4.78 is 17.6. The summed E-state index contributed by atoms with van der Waals surface area (Å²) in [5, 5.41) is 6.30. The van der Waals surface area contributed by atoms with Crippen LogP contribution in [0.1, 0.15) is 63.5 Å². The van der Waals surface area contributed by atoms with E-state index < -0.39 is 29.6 Å². The van der Waals surface area contributed by atoms with Crippen LogP contribution in [0, 0.1) is 17.8 Å². The van der Waals surface area contributed by atoms with E-state index in [0.717, 1.165) is 31.2 Å². The number of nitrogens with zero attached hydrogens (tertiary/aromatic N) is 1. The smallest absolute Gasteiger partial charge is 0.246 e. The number of amides is 3. The van der Waals surface area contributed by atoms with Crippen LogP contribution in [-0.2, 0) is 25.7 Å². The zero-order valence-corrected chi connectivity index (χ0v) is 24.9. The van der Waals surface area contributed by atoms with Gasteiger partial charge >= 0.3 is 0 Å². The molecule has 2 bridgehead atoms. The lowest BCUT2D eigenvalue weighted by molar-refractivity contribution is -0.142. The molecule has 9 heteroatoms. The number of anilines is 1. The highest BCUT2D eigenvalue weighted by atomic mass is 16.7. The molecule has 2 N–H and O–H groups in total. The van der Waals surface area contributed by atoms with Crippen LogP contribution in [0.4, 0.5) is 5.69 Å². The number of hydrogen-bond acceptors (Lipinski definition) is 6. The maximum Gasteiger partial charge on any atom is 0.246 e. The highest BCUT2D eigenvalue weighted by molar-refractivity contribution is 6.02. The van der Waals surface area contributed by atoms with Gasteiger partial charge in [0.25, 0.3) is 0 Å². The standard InChI is InChI=1S/C34H39N3O6/c1-19(2)22-9-11-23(12-10-22)35-31(38)28-26-14-15-34(43-26)29(28)33(40)37(17-21-8-13-25-27(16-21)42-18-41-25)30(34)32(39)36-24-7-5-4-6-20(24)3/h8-16,19-20,24,26,28-30H,4-7,17-18H2,1-3H3,(H,35,38)(H,36,39)/t20-,24+,26+,28-,29+,30+,34+/m1/s1. The van der Waals surface area contributed by atoms with Gasteiger partial charge in [0.15, 0.2) is 11.5 Å². The molecule has 226 valence electrons. The number of rotatable bonds is 7. The third-order valence-corrected chi connectivity index (χ3v) is 10.00. The molecule has 2 saturated heterocycles. The lowest BCUT2D eigenvalue weighted by Crippen LogP contribution is -2.57. The van der Waals surface area contributed by atoms with Crippen molar-refractivity contribution in [3.05, 3.63) is 65.7 Å². The third kappa shape index (κ3) is 4.69. The Labute approximate surface area is 251 Å². The van der Waals surface area contributed by atoms with Crippen molar-refractivity contribution in [2.45, 2.75) is 82.7 Å². The van der Waals surface area contributed by atoms with E-state index in [1.807, 2.05) is 54.6 Å². The zero-order chi connectivity index (χ0) is 29.9. The van der Waals surface area contributed by atoms with Crippen molar-refractivity contribution < 1.29 is 28.6 Å². The predicted molar refractivity (Wildman–Crippen MR) is 159 cm³/mol. The fraction of sp³-hybridized carbons (Fsp3) is 0.500. The third-order valence-electron chi connectivity index (χ3n) is 10.00. The van der Waals surface area contributed by atoms with Gasteiger partial charge in [-0.2, -0.15) is 0 Å². The van der Waals surface area contributed by atoms with E-state index in [0.29, 0.717) is 29.0 Å². The Hall–Kier alpha value is -3.85. The Balaban J connectivity index is 1.19. The van der Waals surface area contributed by atoms with Crippen LogP contribution in [0.15, 0.2) is 54.6 Å². The Morgan fingerprint density at radius 3 is 2.56 bits per heavy atom. The van der Waals surface area contributed by atoms with Crippen LogP contribution in [0.5, 0.6) is 11.5 Å².